The molecule has 2 aromatic carbocycles. The molecule has 132 valence electrons. The number of hydrogen-bond donors (Lipinski definition) is 0. The smallest absolute Gasteiger partial charge is 0.268 e. The monoisotopic (exact) mass is 392 g/mol. The lowest BCUT2D eigenvalue weighted by Crippen LogP contribution is -2.27. The van der Waals surface area contributed by atoms with E-state index >= 15 is 0 Å². The van der Waals surface area contributed by atoms with Gasteiger partial charge in [-0.1, -0.05) is 29.8 Å². The normalized spacial score (nSPS) is 15.8. The van der Waals surface area contributed by atoms with Crippen molar-refractivity contribution in [1.82, 2.24) is 4.90 Å². The Kier molecular flexibility index (Phi) is 5.06. The molecule has 0 aromatic heterocycles. The second-order valence-corrected chi connectivity index (χ2v) is 6.76. The van der Waals surface area contributed by atoms with Crippen LogP contribution in [-0.4, -0.2) is 21.0 Å². The molecule has 26 heavy (non-hydrogen) atoms. The number of nitro benzene ring substituents is 1. The van der Waals surface area contributed by atoms with Crippen LogP contribution >= 0.6 is 23.4 Å². The van der Waals surface area contributed by atoms with Crippen molar-refractivity contribution < 1.29 is 18.9 Å². The molecule has 1 saturated heterocycles. The van der Waals surface area contributed by atoms with Crippen molar-refractivity contribution in [3.05, 3.63) is 79.5 Å². The Labute approximate surface area is 156 Å². The highest BCUT2D eigenvalue weighted by molar-refractivity contribution is 8.18. The molecule has 0 N–H and O–H groups in total. The van der Waals surface area contributed by atoms with Gasteiger partial charge in [-0.15, -0.1) is 0 Å². The minimum absolute atomic E-state index is 0.0169. The van der Waals surface area contributed by atoms with Gasteiger partial charge in [-0.05, 0) is 47.2 Å². The number of benzene rings is 2. The molecule has 0 spiro atoms. The highest BCUT2D eigenvalue weighted by Gasteiger charge is 2.35. The molecular weight excluding hydrogens is 383 g/mol. The largest absolute Gasteiger partial charge is 0.293 e. The number of amides is 2. The molecule has 1 aliphatic heterocycles. The SMILES string of the molecule is O=C1S/C(=C\c2ccc(Cl)c([N+](=O)[O-])c2)C(=O)N1Cc1ccc(F)cc1. The lowest BCUT2D eigenvalue weighted by atomic mass is 10.1. The van der Waals surface area contributed by atoms with E-state index in [1.807, 2.05) is 0 Å². The Balaban J connectivity index is 1.84. The zero-order valence-electron chi connectivity index (χ0n) is 13.0. The van der Waals surface area contributed by atoms with Gasteiger partial charge in [0.2, 0.25) is 0 Å². The first-order valence-corrected chi connectivity index (χ1v) is 8.48. The first-order chi connectivity index (χ1) is 12.3. The van der Waals surface area contributed by atoms with Crippen LogP contribution in [0.3, 0.4) is 0 Å². The summed E-state index contributed by atoms with van der Waals surface area (Å²) in [6.45, 7) is 0.0169. The molecule has 1 aliphatic rings. The summed E-state index contributed by atoms with van der Waals surface area (Å²) in [7, 11) is 0. The standard InChI is InChI=1S/C17H10ClFN2O4S/c18-13-6-3-11(7-14(13)21(24)25)8-15-16(22)20(17(23)26-15)9-10-1-4-12(19)5-2-10/h1-8H,9H2/b15-8-. The summed E-state index contributed by atoms with van der Waals surface area (Å²) in [4.78, 5) is 36.1. The van der Waals surface area contributed by atoms with E-state index in [4.69, 9.17) is 11.6 Å². The van der Waals surface area contributed by atoms with Gasteiger partial charge in [0.1, 0.15) is 10.8 Å². The highest BCUT2D eigenvalue weighted by atomic mass is 35.5. The molecular formula is C17H10ClFN2O4S. The van der Waals surface area contributed by atoms with Crippen molar-refractivity contribution in [1.29, 1.82) is 0 Å². The Morgan fingerprint density at radius 1 is 1.19 bits per heavy atom. The van der Waals surface area contributed by atoms with Crippen LogP contribution in [0.25, 0.3) is 6.08 Å². The van der Waals surface area contributed by atoms with Crippen molar-refractivity contribution in [2.24, 2.45) is 0 Å². The zero-order chi connectivity index (χ0) is 18.8. The Bertz CT molecular complexity index is 946. The number of thioether (sulfide) groups is 1. The third-order valence-electron chi connectivity index (χ3n) is 3.59. The van der Waals surface area contributed by atoms with Gasteiger partial charge in [-0.3, -0.25) is 24.6 Å². The van der Waals surface area contributed by atoms with Gasteiger partial charge in [-0.25, -0.2) is 4.39 Å². The molecule has 2 amide bonds. The van der Waals surface area contributed by atoms with Crippen molar-refractivity contribution in [3.63, 3.8) is 0 Å². The van der Waals surface area contributed by atoms with Crippen LogP contribution in [-0.2, 0) is 11.3 Å². The second kappa shape index (κ2) is 7.27. The lowest BCUT2D eigenvalue weighted by Gasteiger charge is -2.12. The van der Waals surface area contributed by atoms with E-state index < -0.39 is 21.9 Å². The lowest BCUT2D eigenvalue weighted by molar-refractivity contribution is -0.384. The molecule has 0 atom stereocenters. The van der Waals surface area contributed by atoms with Gasteiger partial charge in [0.05, 0.1) is 16.4 Å². The highest BCUT2D eigenvalue weighted by Crippen LogP contribution is 2.34. The van der Waals surface area contributed by atoms with Crippen LogP contribution in [0.4, 0.5) is 14.9 Å². The first-order valence-electron chi connectivity index (χ1n) is 7.29. The molecule has 2 aromatic rings. The number of hydrogen-bond acceptors (Lipinski definition) is 5. The van der Waals surface area contributed by atoms with Crippen molar-refractivity contribution >= 4 is 46.3 Å². The molecule has 9 heteroatoms. The molecule has 0 aliphatic carbocycles. The Morgan fingerprint density at radius 3 is 2.54 bits per heavy atom. The summed E-state index contributed by atoms with van der Waals surface area (Å²) in [6, 6.07) is 9.58. The zero-order valence-corrected chi connectivity index (χ0v) is 14.6. The van der Waals surface area contributed by atoms with Crippen LogP contribution in [0.15, 0.2) is 47.4 Å². The molecule has 0 bridgehead atoms. The van der Waals surface area contributed by atoms with Crippen molar-refractivity contribution in [3.8, 4) is 0 Å². The summed E-state index contributed by atoms with van der Waals surface area (Å²) < 4.78 is 13.0. The average molecular weight is 393 g/mol. The second-order valence-electron chi connectivity index (χ2n) is 5.36. The number of nitrogens with zero attached hydrogens (tertiary/aromatic N) is 2. The quantitative estimate of drug-likeness (QED) is 0.430. The van der Waals surface area contributed by atoms with Gasteiger partial charge in [0.25, 0.3) is 16.8 Å². The van der Waals surface area contributed by atoms with E-state index in [0.29, 0.717) is 11.1 Å². The van der Waals surface area contributed by atoms with Gasteiger partial charge in [0, 0.05) is 6.07 Å². The molecule has 1 fully saturated rings. The molecule has 0 radical (unpaired) electrons. The van der Waals surface area contributed by atoms with Crippen LogP contribution < -0.4 is 0 Å². The fraction of sp³-hybridized carbons (Fsp3) is 0.0588. The van der Waals surface area contributed by atoms with Crippen LogP contribution in [0.2, 0.25) is 5.02 Å². The van der Waals surface area contributed by atoms with Crippen molar-refractivity contribution in [2.75, 3.05) is 0 Å². The number of imide groups is 1. The average Bonchev–Trinajstić information content (AvgIpc) is 2.85. The van der Waals surface area contributed by atoms with Gasteiger partial charge in [0.15, 0.2) is 0 Å². The fourth-order valence-electron chi connectivity index (χ4n) is 2.32. The number of carbonyl (C=O) groups is 2. The predicted octanol–water partition coefficient (Wildman–Crippen LogP) is 4.62. The summed E-state index contributed by atoms with van der Waals surface area (Å²) in [5, 5.41) is 10.5. The van der Waals surface area contributed by atoms with Gasteiger partial charge >= 0.3 is 0 Å². The molecule has 0 saturated carbocycles. The van der Waals surface area contributed by atoms with E-state index in [1.54, 1.807) is 0 Å². The van der Waals surface area contributed by atoms with E-state index in [1.165, 1.54) is 48.5 Å². The third kappa shape index (κ3) is 3.76. The third-order valence-corrected chi connectivity index (χ3v) is 4.82. The van der Waals surface area contributed by atoms with Gasteiger partial charge < -0.3 is 0 Å². The number of rotatable bonds is 4. The van der Waals surface area contributed by atoms with Crippen molar-refractivity contribution in [2.45, 2.75) is 6.54 Å². The van der Waals surface area contributed by atoms with E-state index in [9.17, 15) is 24.1 Å². The number of carbonyl (C=O) groups excluding carboxylic acids is 2. The number of halogens is 2. The first kappa shape index (κ1) is 18.1. The maximum Gasteiger partial charge on any atom is 0.293 e. The van der Waals surface area contributed by atoms with Crippen LogP contribution in [0, 0.1) is 15.9 Å². The minimum Gasteiger partial charge on any atom is -0.268 e. The molecule has 6 nitrogen and oxygen atoms in total. The van der Waals surface area contributed by atoms with E-state index in [0.717, 1.165) is 16.7 Å². The summed E-state index contributed by atoms with van der Waals surface area (Å²) in [5.74, 6) is -0.922. The fourth-order valence-corrected chi connectivity index (χ4v) is 3.34. The Morgan fingerprint density at radius 2 is 1.88 bits per heavy atom. The van der Waals surface area contributed by atoms with Crippen LogP contribution in [0.1, 0.15) is 11.1 Å². The summed E-state index contributed by atoms with van der Waals surface area (Å²) in [5.41, 5.74) is 0.705. The molecule has 0 unspecified atom stereocenters. The maximum absolute atomic E-state index is 13.0. The summed E-state index contributed by atoms with van der Waals surface area (Å²) in [6.07, 6.45) is 1.40. The minimum atomic E-state index is -0.625. The van der Waals surface area contributed by atoms with E-state index in [-0.39, 0.29) is 22.2 Å². The summed E-state index contributed by atoms with van der Waals surface area (Å²) >= 11 is 6.50. The molecule has 1 heterocycles. The predicted molar refractivity (Wildman–Crippen MR) is 96.0 cm³/mol. The van der Waals surface area contributed by atoms with Gasteiger partial charge in [-0.2, -0.15) is 0 Å². The topological polar surface area (TPSA) is 80.5 Å². The Hall–Kier alpha value is -2.71. The van der Waals surface area contributed by atoms with E-state index in [2.05, 4.69) is 0 Å². The number of nitro groups is 1. The van der Waals surface area contributed by atoms with Crippen LogP contribution in [0.5, 0.6) is 0 Å². The maximum atomic E-state index is 13.0. The molecule has 3 rings (SSSR count).